The Hall–Kier alpha value is -0.830. The van der Waals surface area contributed by atoms with Gasteiger partial charge in [-0.15, -0.1) is 0 Å². The molecule has 0 N–H and O–H groups in total. The molecule has 0 aliphatic carbocycles. The first-order valence-corrected chi connectivity index (χ1v) is 12.1. The van der Waals surface area contributed by atoms with Gasteiger partial charge in [-0.1, -0.05) is 103 Å². The van der Waals surface area contributed by atoms with Gasteiger partial charge in [-0.25, -0.2) is 4.79 Å². The highest BCUT2D eigenvalue weighted by Gasteiger charge is 2.01. The van der Waals surface area contributed by atoms with Crippen molar-refractivity contribution in [1.29, 1.82) is 0 Å². The molecule has 0 atom stereocenters. The molecule has 3 heteroatoms. The molecule has 0 fully saturated rings. The van der Waals surface area contributed by atoms with Gasteiger partial charge in [0.15, 0.2) is 0 Å². The Morgan fingerprint density at radius 1 is 0.607 bits per heavy atom. The van der Waals surface area contributed by atoms with Gasteiger partial charge >= 0.3 is 5.97 Å². The fourth-order valence-corrected chi connectivity index (χ4v) is 3.39. The van der Waals surface area contributed by atoms with Crippen LogP contribution >= 0.6 is 0 Å². The smallest absolute Gasteiger partial charge is 0.333 e. The van der Waals surface area contributed by atoms with Crippen LogP contribution in [0.15, 0.2) is 12.2 Å². The summed E-state index contributed by atoms with van der Waals surface area (Å²) in [5, 5.41) is 0. The van der Waals surface area contributed by atoms with E-state index in [9.17, 15) is 4.79 Å². The molecule has 0 aliphatic rings. The van der Waals surface area contributed by atoms with Crippen LogP contribution in [0.4, 0.5) is 0 Å². The molecule has 0 saturated carbocycles. The van der Waals surface area contributed by atoms with E-state index in [1.807, 2.05) is 0 Å². The van der Waals surface area contributed by atoms with Crippen LogP contribution < -0.4 is 0 Å². The third kappa shape index (κ3) is 21.5. The van der Waals surface area contributed by atoms with Gasteiger partial charge in [0.25, 0.3) is 0 Å². The summed E-state index contributed by atoms with van der Waals surface area (Å²) < 4.78 is 10.5. The van der Waals surface area contributed by atoms with Gasteiger partial charge in [0.05, 0.1) is 6.61 Å². The molecule has 0 radical (unpaired) electrons. The molecule has 0 saturated heterocycles. The van der Waals surface area contributed by atoms with Crippen LogP contribution in [0.3, 0.4) is 0 Å². The Morgan fingerprint density at radius 3 is 1.25 bits per heavy atom. The fourth-order valence-electron chi connectivity index (χ4n) is 3.39. The van der Waals surface area contributed by atoms with E-state index in [2.05, 4.69) is 13.5 Å². The molecule has 166 valence electrons. The quantitative estimate of drug-likeness (QED) is 0.106. The average Bonchev–Trinajstić information content (AvgIpc) is 2.68. The summed E-state index contributed by atoms with van der Waals surface area (Å²) in [5.41, 5.74) is 0.490. The lowest BCUT2D eigenvalue weighted by Crippen LogP contribution is -2.05. The van der Waals surface area contributed by atoms with E-state index >= 15 is 0 Å². The second-order valence-electron chi connectivity index (χ2n) is 8.12. The van der Waals surface area contributed by atoms with Crippen LogP contribution in [0.25, 0.3) is 0 Å². The van der Waals surface area contributed by atoms with Crippen molar-refractivity contribution in [2.24, 2.45) is 0 Å². The number of unbranched alkanes of at least 4 members (excludes halogenated alkanes) is 16. The number of ether oxygens (including phenoxy) is 2. The molecular formula is C25H48O3. The second kappa shape index (κ2) is 22.5. The highest BCUT2D eigenvalue weighted by molar-refractivity contribution is 5.86. The zero-order valence-corrected chi connectivity index (χ0v) is 19.1. The van der Waals surface area contributed by atoms with Crippen LogP contribution in [-0.2, 0) is 14.3 Å². The van der Waals surface area contributed by atoms with Gasteiger partial charge in [0.1, 0.15) is 0 Å². The van der Waals surface area contributed by atoms with Gasteiger partial charge in [0.2, 0.25) is 0 Å². The molecule has 0 aliphatic heterocycles. The molecular weight excluding hydrogens is 348 g/mol. The van der Waals surface area contributed by atoms with E-state index in [0.717, 1.165) is 26.1 Å². The summed E-state index contributed by atoms with van der Waals surface area (Å²) in [6.45, 7) is 9.69. The number of carbonyl (C=O) groups excluding carboxylic acids is 1. The standard InChI is InChI=1S/C25H48O3/c1-4-27-22-20-18-16-14-12-10-8-6-5-7-9-11-13-15-17-19-21-23-28-25(26)24(2)3/h2,4-23H2,1,3H3. The molecule has 0 spiro atoms. The Kier molecular flexibility index (Phi) is 21.8. The summed E-state index contributed by atoms with van der Waals surface area (Å²) in [7, 11) is 0. The van der Waals surface area contributed by atoms with E-state index in [1.165, 1.54) is 96.3 Å². The lowest BCUT2D eigenvalue weighted by atomic mass is 10.0. The number of esters is 1. The Bertz CT molecular complexity index is 352. The minimum atomic E-state index is -0.256. The van der Waals surface area contributed by atoms with Crippen LogP contribution in [0, 0.1) is 0 Å². The monoisotopic (exact) mass is 396 g/mol. The van der Waals surface area contributed by atoms with Gasteiger partial charge in [-0.3, -0.25) is 0 Å². The van der Waals surface area contributed by atoms with Crippen LogP contribution in [0.2, 0.25) is 0 Å². The minimum Gasteiger partial charge on any atom is -0.462 e. The zero-order valence-electron chi connectivity index (χ0n) is 19.1. The Morgan fingerprint density at radius 2 is 0.929 bits per heavy atom. The van der Waals surface area contributed by atoms with Crippen molar-refractivity contribution in [3.63, 3.8) is 0 Å². The zero-order chi connectivity index (χ0) is 20.7. The fraction of sp³-hybridized carbons (Fsp3) is 0.880. The highest BCUT2D eigenvalue weighted by atomic mass is 16.5. The number of hydrogen-bond donors (Lipinski definition) is 0. The molecule has 0 heterocycles. The van der Waals surface area contributed by atoms with Crippen molar-refractivity contribution >= 4 is 5.97 Å². The molecule has 0 rings (SSSR count). The lowest BCUT2D eigenvalue weighted by molar-refractivity contribution is -0.139. The van der Waals surface area contributed by atoms with E-state index in [0.29, 0.717) is 12.2 Å². The van der Waals surface area contributed by atoms with Crippen molar-refractivity contribution in [3.05, 3.63) is 12.2 Å². The summed E-state index contributed by atoms with van der Waals surface area (Å²) >= 11 is 0. The first-order valence-electron chi connectivity index (χ1n) is 12.1. The maximum Gasteiger partial charge on any atom is 0.333 e. The molecule has 28 heavy (non-hydrogen) atoms. The summed E-state index contributed by atoms with van der Waals surface area (Å²) in [6, 6.07) is 0. The maximum atomic E-state index is 11.2. The predicted octanol–water partition coefficient (Wildman–Crippen LogP) is 7.77. The number of rotatable bonds is 22. The van der Waals surface area contributed by atoms with Gasteiger partial charge in [-0.2, -0.15) is 0 Å². The number of hydrogen-bond acceptors (Lipinski definition) is 3. The van der Waals surface area contributed by atoms with E-state index in [-0.39, 0.29) is 5.97 Å². The first kappa shape index (κ1) is 27.2. The van der Waals surface area contributed by atoms with Gasteiger partial charge < -0.3 is 9.47 Å². The Balaban J connectivity index is 3.05. The van der Waals surface area contributed by atoms with Crippen molar-refractivity contribution in [3.8, 4) is 0 Å². The molecule has 0 aromatic heterocycles. The third-order valence-electron chi connectivity index (χ3n) is 5.22. The SMILES string of the molecule is C=C(C)C(=O)OCCCCCCCCCCCCCCCCCCCOCC. The first-order chi connectivity index (χ1) is 13.7. The average molecular weight is 397 g/mol. The summed E-state index contributed by atoms with van der Waals surface area (Å²) in [5.74, 6) is -0.256. The van der Waals surface area contributed by atoms with Crippen molar-refractivity contribution in [2.75, 3.05) is 19.8 Å². The second-order valence-corrected chi connectivity index (χ2v) is 8.12. The summed E-state index contributed by atoms with van der Waals surface area (Å²) in [6.07, 6.45) is 22.7. The number of carbonyl (C=O) groups is 1. The predicted molar refractivity (Wildman–Crippen MR) is 121 cm³/mol. The lowest BCUT2D eigenvalue weighted by Gasteiger charge is -2.05. The van der Waals surface area contributed by atoms with Crippen LogP contribution in [-0.4, -0.2) is 25.8 Å². The van der Waals surface area contributed by atoms with Gasteiger partial charge in [0, 0.05) is 18.8 Å². The molecule has 0 unspecified atom stereocenters. The largest absolute Gasteiger partial charge is 0.462 e. The highest BCUT2D eigenvalue weighted by Crippen LogP contribution is 2.14. The molecule has 0 amide bonds. The molecule has 0 aromatic carbocycles. The molecule has 3 nitrogen and oxygen atoms in total. The Labute approximate surface area is 175 Å². The van der Waals surface area contributed by atoms with Crippen LogP contribution in [0.1, 0.15) is 123 Å². The molecule has 0 bridgehead atoms. The van der Waals surface area contributed by atoms with E-state index < -0.39 is 0 Å². The molecule has 0 aromatic rings. The van der Waals surface area contributed by atoms with Crippen LogP contribution in [0.5, 0.6) is 0 Å². The van der Waals surface area contributed by atoms with E-state index in [4.69, 9.17) is 9.47 Å². The topological polar surface area (TPSA) is 35.5 Å². The summed E-state index contributed by atoms with van der Waals surface area (Å²) in [4.78, 5) is 11.2. The van der Waals surface area contributed by atoms with Crippen molar-refractivity contribution < 1.29 is 14.3 Å². The normalized spacial score (nSPS) is 10.9. The van der Waals surface area contributed by atoms with E-state index in [1.54, 1.807) is 6.92 Å². The minimum absolute atomic E-state index is 0.256. The van der Waals surface area contributed by atoms with Crippen molar-refractivity contribution in [2.45, 2.75) is 123 Å². The maximum absolute atomic E-state index is 11.2. The third-order valence-corrected chi connectivity index (χ3v) is 5.22. The van der Waals surface area contributed by atoms with Crippen molar-refractivity contribution in [1.82, 2.24) is 0 Å². The van der Waals surface area contributed by atoms with Gasteiger partial charge in [-0.05, 0) is 26.7 Å².